The van der Waals surface area contributed by atoms with E-state index in [0.717, 1.165) is 12.3 Å². The fourth-order valence-electron chi connectivity index (χ4n) is 0.947. The molecular formula is C7H7F3N2O2. The highest BCUT2D eigenvalue weighted by atomic mass is 19.1. The van der Waals surface area contributed by atoms with Gasteiger partial charge in [0.15, 0.2) is 0 Å². The zero-order valence-corrected chi connectivity index (χ0v) is 6.90. The second-order valence-electron chi connectivity index (χ2n) is 2.58. The number of hydrogen-bond acceptors (Lipinski definition) is 2. The molecule has 2 atom stereocenters. The van der Waals surface area contributed by atoms with Crippen molar-refractivity contribution in [2.24, 2.45) is 0 Å². The van der Waals surface area contributed by atoms with E-state index in [1.807, 2.05) is 0 Å². The summed E-state index contributed by atoms with van der Waals surface area (Å²) in [5.74, 6) is -2.72. The average molecular weight is 208 g/mol. The molecule has 2 unspecified atom stereocenters. The van der Waals surface area contributed by atoms with Gasteiger partial charge in [-0.05, 0) is 0 Å². The molecule has 14 heavy (non-hydrogen) atoms. The van der Waals surface area contributed by atoms with Crippen LogP contribution in [0.5, 0.6) is 0 Å². The smallest absolute Gasteiger partial charge is 0.340 e. The molecule has 0 saturated carbocycles. The minimum absolute atomic E-state index is 0.619. The first-order chi connectivity index (χ1) is 6.56. The normalized spacial score (nSPS) is 15.1. The maximum Gasteiger partial charge on any atom is 0.340 e. The van der Waals surface area contributed by atoms with Gasteiger partial charge in [-0.3, -0.25) is 4.68 Å². The Labute approximate surface area is 77.0 Å². The maximum absolute atomic E-state index is 12.9. The predicted molar refractivity (Wildman–Crippen MR) is 39.7 cm³/mol. The van der Waals surface area contributed by atoms with Crippen molar-refractivity contribution < 1.29 is 23.1 Å². The van der Waals surface area contributed by atoms with E-state index in [1.165, 1.54) is 0 Å². The molecular weight excluding hydrogens is 201 g/mol. The molecule has 0 radical (unpaired) electrons. The molecule has 0 aliphatic rings. The van der Waals surface area contributed by atoms with Gasteiger partial charge in [-0.25, -0.2) is 13.6 Å². The molecule has 0 aliphatic heterocycles. The van der Waals surface area contributed by atoms with Gasteiger partial charge in [0, 0.05) is 12.3 Å². The summed E-state index contributed by atoms with van der Waals surface area (Å²) >= 11 is 0. The van der Waals surface area contributed by atoms with Gasteiger partial charge in [-0.1, -0.05) is 0 Å². The highest BCUT2D eigenvalue weighted by Gasteiger charge is 2.30. The molecule has 1 aromatic heterocycles. The first-order valence-corrected chi connectivity index (χ1v) is 3.69. The summed E-state index contributed by atoms with van der Waals surface area (Å²) in [6.45, 7) is -1.27. The van der Waals surface area contributed by atoms with E-state index in [9.17, 15) is 18.0 Å². The van der Waals surface area contributed by atoms with Crippen LogP contribution in [0.2, 0.25) is 0 Å². The van der Waals surface area contributed by atoms with Crippen molar-refractivity contribution in [2.75, 3.05) is 6.67 Å². The van der Waals surface area contributed by atoms with Crippen LogP contribution in [0.25, 0.3) is 0 Å². The van der Waals surface area contributed by atoms with Gasteiger partial charge in [-0.2, -0.15) is 4.39 Å². The molecule has 1 aromatic rings. The number of carboxylic acid groups (broad SMARTS) is 1. The second-order valence-corrected chi connectivity index (χ2v) is 2.58. The van der Waals surface area contributed by atoms with Gasteiger partial charge in [-0.15, -0.1) is 5.10 Å². The molecule has 1 N–H and O–H groups in total. The lowest BCUT2D eigenvalue weighted by atomic mass is 10.2. The average Bonchev–Trinajstić information content (AvgIpc) is 2.53. The van der Waals surface area contributed by atoms with Crippen LogP contribution in [-0.4, -0.2) is 33.7 Å². The molecule has 1 rings (SSSR count). The van der Waals surface area contributed by atoms with E-state index in [4.69, 9.17) is 5.11 Å². The third kappa shape index (κ3) is 2.04. The predicted octanol–water partition coefficient (Wildman–Crippen LogP) is 0.956. The Balaban J connectivity index is 2.86. The van der Waals surface area contributed by atoms with Gasteiger partial charge in [0.25, 0.3) is 0 Å². The molecule has 0 aliphatic carbocycles. The molecule has 0 bridgehead atoms. The Kier molecular flexibility index (Phi) is 3.10. The van der Waals surface area contributed by atoms with Crippen LogP contribution in [0, 0.1) is 5.95 Å². The Morgan fingerprint density at radius 3 is 2.71 bits per heavy atom. The number of aromatic nitrogens is 2. The fraction of sp³-hybridized carbons (Fsp3) is 0.429. The lowest BCUT2D eigenvalue weighted by molar-refractivity contribution is -0.145. The first kappa shape index (κ1) is 10.6. The minimum Gasteiger partial charge on any atom is -0.479 e. The van der Waals surface area contributed by atoms with E-state index in [2.05, 4.69) is 5.10 Å². The number of carbonyl (C=O) groups is 1. The molecule has 0 aromatic carbocycles. The summed E-state index contributed by atoms with van der Waals surface area (Å²) in [5, 5.41) is 11.4. The van der Waals surface area contributed by atoms with Crippen LogP contribution < -0.4 is 0 Å². The highest BCUT2D eigenvalue weighted by Crippen LogP contribution is 2.15. The van der Waals surface area contributed by atoms with Crippen LogP contribution >= 0.6 is 0 Å². The zero-order chi connectivity index (χ0) is 10.7. The number of hydrogen-bond donors (Lipinski definition) is 1. The van der Waals surface area contributed by atoms with Crippen molar-refractivity contribution in [1.82, 2.24) is 9.78 Å². The second kappa shape index (κ2) is 4.12. The van der Waals surface area contributed by atoms with Gasteiger partial charge < -0.3 is 5.11 Å². The van der Waals surface area contributed by atoms with Gasteiger partial charge in [0.2, 0.25) is 12.1 Å². The number of alkyl halides is 2. The molecule has 1 heterocycles. The van der Waals surface area contributed by atoms with E-state index in [1.54, 1.807) is 0 Å². The zero-order valence-electron chi connectivity index (χ0n) is 6.90. The number of halogens is 3. The minimum atomic E-state index is -2.45. The fourth-order valence-corrected chi connectivity index (χ4v) is 0.947. The molecule has 0 saturated heterocycles. The maximum atomic E-state index is 12.9. The summed E-state index contributed by atoms with van der Waals surface area (Å²) < 4.78 is 38.1. The third-order valence-electron chi connectivity index (χ3n) is 1.65. The number of nitrogens with zero attached hydrogens (tertiary/aromatic N) is 2. The highest BCUT2D eigenvalue weighted by molar-refractivity contribution is 5.72. The lowest BCUT2D eigenvalue weighted by Crippen LogP contribution is -2.29. The Hall–Kier alpha value is -1.53. The van der Waals surface area contributed by atoms with E-state index < -0.39 is 30.8 Å². The van der Waals surface area contributed by atoms with Crippen LogP contribution in [0.1, 0.15) is 6.04 Å². The van der Waals surface area contributed by atoms with Crippen LogP contribution in [0.4, 0.5) is 13.2 Å². The van der Waals surface area contributed by atoms with Gasteiger partial charge >= 0.3 is 5.97 Å². The monoisotopic (exact) mass is 208 g/mol. The van der Waals surface area contributed by atoms with E-state index >= 15 is 0 Å². The first-order valence-electron chi connectivity index (χ1n) is 3.69. The Morgan fingerprint density at radius 2 is 2.36 bits per heavy atom. The summed E-state index contributed by atoms with van der Waals surface area (Å²) in [4.78, 5) is 10.2. The van der Waals surface area contributed by atoms with Crippen LogP contribution in [0.15, 0.2) is 12.3 Å². The Morgan fingerprint density at radius 1 is 1.71 bits per heavy atom. The van der Waals surface area contributed by atoms with Crippen molar-refractivity contribution in [3.63, 3.8) is 0 Å². The lowest BCUT2D eigenvalue weighted by Gasteiger charge is -2.14. The molecule has 78 valence electrons. The number of carboxylic acids is 1. The molecule has 4 nitrogen and oxygen atoms in total. The summed E-state index contributed by atoms with van der Waals surface area (Å²) in [5.41, 5.74) is 0. The molecule has 0 fully saturated rings. The topological polar surface area (TPSA) is 55.1 Å². The van der Waals surface area contributed by atoms with Crippen molar-refractivity contribution >= 4 is 5.97 Å². The van der Waals surface area contributed by atoms with Crippen LogP contribution in [-0.2, 0) is 4.79 Å². The quantitative estimate of drug-likeness (QED) is 0.801. The van der Waals surface area contributed by atoms with Crippen molar-refractivity contribution in [2.45, 2.75) is 12.2 Å². The number of aliphatic carboxylic acids is 1. The third-order valence-corrected chi connectivity index (χ3v) is 1.65. The van der Waals surface area contributed by atoms with E-state index in [0.29, 0.717) is 4.68 Å². The van der Waals surface area contributed by atoms with Crippen molar-refractivity contribution in [1.29, 1.82) is 0 Å². The van der Waals surface area contributed by atoms with Crippen LogP contribution in [0.3, 0.4) is 0 Å². The SMILES string of the molecule is O=C(O)C(F)C(CF)n1ccc(F)n1. The number of rotatable bonds is 4. The van der Waals surface area contributed by atoms with Crippen molar-refractivity contribution in [3.8, 4) is 0 Å². The van der Waals surface area contributed by atoms with Gasteiger partial charge in [0.1, 0.15) is 12.7 Å². The summed E-state index contributed by atoms with van der Waals surface area (Å²) in [6, 6.07) is -0.742. The molecule has 0 spiro atoms. The summed E-state index contributed by atoms with van der Waals surface area (Å²) in [6.07, 6.45) is -1.46. The van der Waals surface area contributed by atoms with Gasteiger partial charge in [0.05, 0.1) is 0 Å². The van der Waals surface area contributed by atoms with Crippen molar-refractivity contribution in [3.05, 3.63) is 18.2 Å². The van der Waals surface area contributed by atoms with E-state index in [-0.39, 0.29) is 0 Å². The standard InChI is InChI=1S/C7H7F3N2O2/c8-3-4(6(10)7(13)14)12-2-1-5(9)11-12/h1-2,4,6H,3H2,(H,13,14). The molecule has 7 heteroatoms. The largest absolute Gasteiger partial charge is 0.479 e. The molecule has 0 amide bonds. The summed E-state index contributed by atoms with van der Waals surface area (Å²) in [7, 11) is 0. The Bertz CT molecular complexity index is 328.